The summed E-state index contributed by atoms with van der Waals surface area (Å²) in [5, 5.41) is 7.70. The standard InChI is InChI=1S/C18H26N4O/c1-15-20-18(21-23-15)14-22-12-6-10-17(13-22)19-11-5-9-16-7-3-2-4-8-16/h2-4,7-8,17,19H,5-6,9-14H2,1H3/t17-/m1/s1. The second kappa shape index (κ2) is 8.22. The Morgan fingerprint density at radius 1 is 1.30 bits per heavy atom. The molecule has 1 aliphatic heterocycles. The molecular formula is C18H26N4O. The normalized spacial score (nSPS) is 19.1. The summed E-state index contributed by atoms with van der Waals surface area (Å²) >= 11 is 0. The molecule has 0 aliphatic carbocycles. The molecule has 2 aromatic rings. The van der Waals surface area contributed by atoms with E-state index in [9.17, 15) is 0 Å². The minimum absolute atomic E-state index is 0.576. The molecule has 1 aliphatic rings. The van der Waals surface area contributed by atoms with Gasteiger partial charge in [-0.25, -0.2) is 0 Å². The van der Waals surface area contributed by atoms with Gasteiger partial charge in [-0.1, -0.05) is 35.5 Å². The number of piperidine rings is 1. The van der Waals surface area contributed by atoms with Gasteiger partial charge in [0.05, 0.1) is 6.54 Å². The van der Waals surface area contributed by atoms with Gasteiger partial charge in [0.15, 0.2) is 5.82 Å². The fraction of sp³-hybridized carbons (Fsp3) is 0.556. The summed E-state index contributed by atoms with van der Waals surface area (Å²) in [5.41, 5.74) is 1.42. The molecule has 124 valence electrons. The van der Waals surface area contributed by atoms with E-state index in [1.165, 1.54) is 24.8 Å². The van der Waals surface area contributed by atoms with Crippen molar-refractivity contribution in [3.63, 3.8) is 0 Å². The van der Waals surface area contributed by atoms with E-state index >= 15 is 0 Å². The van der Waals surface area contributed by atoms with Crippen molar-refractivity contribution in [3.05, 3.63) is 47.6 Å². The number of nitrogens with one attached hydrogen (secondary N) is 1. The molecule has 0 amide bonds. The molecule has 0 bridgehead atoms. The largest absolute Gasteiger partial charge is 0.340 e. The Bertz CT molecular complexity index is 584. The van der Waals surface area contributed by atoms with E-state index in [1.54, 1.807) is 0 Å². The fourth-order valence-corrected chi connectivity index (χ4v) is 3.21. The average Bonchev–Trinajstić information content (AvgIpc) is 2.98. The lowest BCUT2D eigenvalue weighted by atomic mass is 10.0. The Balaban J connectivity index is 1.37. The van der Waals surface area contributed by atoms with Crippen molar-refractivity contribution in [1.82, 2.24) is 20.4 Å². The van der Waals surface area contributed by atoms with Crippen molar-refractivity contribution in [2.45, 2.75) is 45.2 Å². The molecular weight excluding hydrogens is 288 g/mol. The zero-order chi connectivity index (χ0) is 15.9. The van der Waals surface area contributed by atoms with Gasteiger partial charge in [-0.3, -0.25) is 4.90 Å². The Morgan fingerprint density at radius 3 is 2.96 bits per heavy atom. The molecule has 0 radical (unpaired) electrons. The van der Waals surface area contributed by atoms with Gasteiger partial charge in [-0.05, 0) is 44.3 Å². The molecule has 23 heavy (non-hydrogen) atoms. The zero-order valence-electron chi connectivity index (χ0n) is 13.9. The number of likely N-dealkylation sites (tertiary alicyclic amines) is 1. The van der Waals surface area contributed by atoms with Gasteiger partial charge < -0.3 is 9.84 Å². The SMILES string of the molecule is Cc1nc(CN2CCC[C@@H](NCCCc3ccccc3)C2)no1. The Morgan fingerprint density at radius 2 is 2.17 bits per heavy atom. The van der Waals surface area contributed by atoms with Gasteiger partial charge in [0, 0.05) is 19.5 Å². The van der Waals surface area contributed by atoms with Crippen LogP contribution in [0.4, 0.5) is 0 Å². The zero-order valence-corrected chi connectivity index (χ0v) is 13.9. The van der Waals surface area contributed by atoms with Crippen LogP contribution in [0.15, 0.2) is 34.9 Å². The average molecular weight is 314 g/mol. The van der Waals surface area contributed by atoms with E-state index < -0.39 is 0 Å². The second-order valence-electron chi connectivity index (χ2n) is 6.35. The van der Waals surface area contributed by atoms with Crippen LogP contribution in [0.1, 0.15) is 36.5 Å². The molecule has 1 aromatic carbocycles. The predicted molar refractivity (Wildman–Crippen MR) is 90.1 cm³/mol. The molecule has 2 heterocycles. The van der Waals surface area contributed by atoms with E-state index in [2.05, 4.69) is 50.7 Å². The van der Waals surface area contributed by atoms with Crippen LogP contribution in [0.5, 0.6) is 0 Å². The maximum Gasteiger partial charge on any atom is 0.223 e. The lowest BCUT2D eigenvalue weighted by molar-refractivity contribution is 0.178. The highest BCUT2D eigenvalue weighted by atomic mass is 16.5. The molecule has 0 spiro atoms. The van der Waals surface area contributed by atoms with E-state index in [1.807, 2.05) is 6.92 Å². The molecule has 0 unspecified atom stereocenters. The smallest absolute Gasteiger partial charge is 0.223 e. The molecule has 1 aromatic heterocycles. The highest BCUT2D eigenvalue weighted by Gasteiger charge is 2.20. The van der Waals surface area contributed by atoms with Crippen LogP contribution < -0.4 is 5.32 Å². The number of hydrogen-bond donors (Lipinski definition) is 1. The third-order valence-electron chi connectivity index (χ3n) is 4.36. The van der Waals surface area contributed by atoms with Crippen molar-refractivity contribution in [3.8, 4) is 0 Å². The quantitative estimate of drug-likeness (QED) is 0.796. The maximum atomic E-state index is 5.05. The lowest BCUT2D eigenvalue weighted by Crippen LogP contribution is -2.45. The molecule has 1 fully saturated rings. The molecule has 0 saturated carbocycles. The monoisotopic (exact) mass is 314 g/mol. The molecule has 5 nitrogen and oxygen atoms in total. The van der Waals surface area contributed by atoms with Crippen molar-refractivity contribution in [2.24, 2.45) is 0 Å². The minimum atomic E-state index is 0.576. The van der Waals surface area contributed by atoms with Gasteiger partial charge in [-0.15, -0.1) is 0 Å². The van der Waals surface area contributed by atoms with Crippen molar-refractivity contribution in [2.75, 3.05) is 19.6 Å². The van der Waals surface area contributed by atoms with Crippen LogP contribution in [0.25, 0.3) is 0 Å². The van der Waals surface area contributed by atoms with Crippen molar-refractivity contribution >= 4 is 0 Å². The lowest BCUT2D eigenvalue weighted by Gasteiger charge is -2.32. The van der Waals surface area contributed by atoms with Crippen LogP contribution >= 0.6 is 0 Å². The highest BCUT2D eigenvalue weighted by Crippen LogP contribution is 2.13. The molecule has 1 N–H and O–H groups in total. The molecule has 3 rings (SSSR count). The predicted octanol–water partition coefficient (Wildman–Crippen LogP) is 2.56. The third-order valence-corrected chi connectivity index (χ3v) is 4.36. The summed E-state index contributed by atoms with van der Waals surface area (Å²) in [6.45, 7) is 5.90. The van der Waals surface area contributed by atoms with E-state index in [4.69, 9.17) is 4.52 Å². The Labute approximate surface area is 138 Å². The molecule has 1 saturated heterocycles. The van der Waals surface area contributed by atoms with E-state index in [0.29, 0.717) is 11.9 Å². The summed E-state index contributed by atoms with van der Waals surface area (Å²) in [6.07, 6.45) is 4.82. The summed E-state index contributed by atoms with van der Waals surface area (Å²) in [7, 11) is 0. The molecule has 5 heteroatoms. The highest BCUT2D eigenvalue weighted by molar-refractivity contribution is 5.14. The van der Waals surface area contributed by atoms with Crippen LogP contribution in [-0.2, 0) is 13.0 Å². The van der Waals surface area contributed by atoms with Crippen LogP contribution in [0.3, 0.4) is 0 Å². The number of aryl methyl sites for hydroxylation is 2. The maximum absolute atomic E-state index is 5.05. The van der Waals surface area contributed by atoms with Crippen LogP contribution in [-0.4, -0.2) is 40.7 Å². The van der Waals surface area contributed by atoms with Gasteiger partial charge >= 0.3 is 0 Å². The number of nitrogens with zero attached hydrogens (tertiary/aromatic N) is 3. The minimum Gasteiger partial charge on any atom is -0.340 e. The summed E-state index contributed by atoms with van der Waals surface area (Å²) in [6, 6.07) is 11.3. The summed E-state index contributed by atoms with van der Waals surface area (Å²) in [5.74, 6) is 1.44. The molecule has 1 atom stereocenters. The third kappa shape index (κ3) is 5.15. The van der Waals surface area contributed by atoms with E-state index in [-0.39, 0.29) is 0 Å². The number of aromatic nitrogens is 2. The van der Waals surface area contributed by atoms with Gasteiger partial charge in [0.1, 0.15) is 0 Å². The number of benzene rings is 1. The summed E-state index contributed by atoms with van der Waals surface area (Å²) in [4.78, 5) is 6.72. The fourth-order valence-electron chi connectivity index (χ4n) is 3.21. The van der Waals surface area contributed by atoms with Crippen molar-refractivity contribution < 1.29 is 4.52 Å². The summed E-state index contributed by atoms with van der Waals surface area (Å²) < 4.78 is 5.05. The first-order valence-electron chi connectivity index (χ1n) is 8.58. The Kier molecular flexibility index (Phi) is 5.77. The second-order valence-corrected chi connectivity index (χ2v) is 6.35. The van der Waals surface area contributed by atoms with Crippen molar-refractivity contribution in [1.29, 1.82) is 0 Å². The first-order valence-corrected chi connectivity index (χ1v) is 8.58. The van der Waals surface area contributed by atoms with Gasteiger partial charge in [-0.2, -0.15) is 4.98 Å². The number of hydrogen-bond acceptors (Lipinski definition) is 5. The van der Waals surface area contributed by atoms with Gasteiger partial charge in [0.2, 0.25) is 5.89 Å². The van der Waals surface area contributed by atoms with Crippen LogP contribution in [0, 0.1) is 6.92 Å². The topological polar surface area (TPSA) is 54.2 Å². The van der Waals surface area contributed by atoms with Crippen LogP contribution in [0.2, 0.25) is 0 Å². The number of rotatable bonds is 7. The van der Waals surface area contributed by atoms with E-state index in [0.717, 1.165) is 38.4 Å². The first kappa shape index (κ1) is 16.1. The Hall–Kier alpha value is -1.72. The first-order chi connectivity index (χ1) is 11.3. The van der Waals surface area contributed by atoms with Gasteiger partial charge in [0.25, 0.3) is 0 Å².